The van der Waals surface area contributed by atoms with Crippen molar-refractivity contribution in [1.82, 2.24) is 0 Å². The monoisotopic (exact) mass is 290 g/mol. The lowest BCUT2D eigenvalue weighted by Gasteiger charge is -2.11. The number of alkyl halides is 3. The van der Waals surface area contributed by atoms with Crippen molar-refractivity contribution in [3.05, 3.63) is 28.8 Å². The molecule has 0 heterocycles. The van der Waals surface area contributed by atoms with Crippen LogP contribution in [-0.4, -0.2) is 25.4 Å². The first-order valence-corrected chi connectivity index (χ1v) is 6.12. The number of carbonyl (C=O) groups is 1. The summed E-state index contributed by atoms with van der Waals surface area (Å²) in [4.78, 5) is 11.5. The lowest BCUT2D eigenvalue weighted by Crippen LogP contribution is -2.19. The molecule has 0 bridgehead atoms. The van der Waals surface area contributed by atoms with Crippen LogP contribution in [0.15, 0.2) is 12.1 Å². The fraction of sp³-hybridized carbons (Fsp3) is 0.500. The molecule has 0 amide bonds. The number of benzene rings is 1. The largest absolute Gasteiger partial charge is 0.426 e. The zero-order chi connectivity index (χ0) is 15.3. The molecule has 6 heteroatoms. The van der Waals surface area contributed by atoms with Crippen molar-refractivity contribution < 1.29 is 27.4 Å². The van der Waals surface area contributed by atoms with E-state index in [9.17, 15) is 18.0 Å². The van der Waals surface area contributed by atoms with Gasteiger partial charge in [-0.15, -0.1) is 0 Å². The highest BCUT2D eigenvalue weighted by Gasteiger charge is 2.27. The maximum Gasteiger partial charge on any atom is 0.411 e. The van der Waals surface area contributed by atoms with Crippen LogP contribution in [0, 0.1) is 20.8 Å². The highest BCUT2D eigenvalue weighted by atomic mass is 19.4. The summed E-state index contributed by atoms with van der Waals surface area (Å²) >= 11 is 0. The van der Waals surface area contributed by atoms with Crippen molar-refractivity contribution in [2.24, 2.45) is 0 Å². The van der Waals surface area contributed by atoms with Gasteiger partial charge in [0.25, 0.3) is 0 Å². The molecular formula is C14H17F3O3. The number of rotatable bonds is 5. The van der Waals surface area contributed by atoms with Gasteiger partial charge in [-0.05, 0) is 43.5 Å². The normalized spacial score (nSPS) is 11.5. The van der Waals surface area contributed by atoms with Crippen LogP contribution in [0.5, 0.6) is 5.75 Å². The molecule has 0 radical (unpaired) electrons. The van der Waals surface area contributed by atoms with Gasteiger partial charge in [-0.25, -0.2) is 0 Å². The predicted molar refractivity (Wildman–Crippen MR) is 67.8 cm³/mol. The average Bonchev–Trinajstić information content (AvgIpc) is 2.30. The topological polar surface area (TPSA) is 35.5 Å². The van der Waals surface area contributed by atoms with Crippen molar-refractivity contribution in [2.45, 2.75) is 33.4 Å². The highest BCUT2D eigenvalue weighted by molar-refractivity contribution is 5.73. The molecule has 1 rings (SSSR count). The molecule has 0 unspecified atom stereocenters. The SMILES string of the molecule is Cc1cc(C)c(C)c(OC(=O)CCOCC(F)(F)F)c1. The van der Waals surface area contributed by atoms with Crippen molar-refractivity contribution >= 4 is 5.97 Å². The van der Waals surface area contributed by atoms with Gasteiger partial charge in [0.1, 0.15) is 12.4 Å². The summed E-state index contributed by atoms with van der Waals surface area (Å²) in [5.41, 5.74) is 2.77. The first kappa shape index (κ1) is 16.5. The zero-order valence-electron chi connectivity index (χ0n) is 11.6. The van der Waals surface area contributed by atoms with Gasteiger partial charge in [-0.2, -0.15) is 13.2 Å². The second-order valence-corrected chi connectivity index (χ2v) is 4.60. The number of aryl methyl sites for hydroxylation is 2. The third-order valence-electron chi connectivity index (χ3n) is 2.70. The predicted octanol–water partition coefficient (Wildman–Crippen LogP) is 3.49. The molecule has 1 aromatic carbocycles. The Labute approximate surface area is 115 Å². The van der Waals surface area contributed by atoms with Crippen LogP contribution in [0.3, 0.4) is 0 Å². The van der Waals surface area contributed by atoms with E-state index in [0.717, 1.165) is 16.7 Å². The molecule has 0 fully saturated rings. The quantitative estimate of drug-likeness (QED) is 0.473. The molecule has 0 atom stereocenters. The van der Waals surface area contributed by atoms with Gasteiger partial charge in [-0.1, -0.05) is 6.07 Å². The molecule has 0 aliphatic carbocycles. The molecule has 0 spiro atoms. The van der Waals surface area contributed by atoms with Crippen molar-refractivity contribution in [3.63, 3.8) is 0 Å². The Hall–Kier alpha value is -1.56. The van der Waals surface area contributed by atoms with Crippen LogP contribution in [0.4, 0.5) is 13.2 Å². The Balaban J connectivity index is 2.47. The Morgan fingerprint density at radius 3 is 2.45 bits per heavy atom. The molecule has 0 N–H and O–H groups in total. The molecule has 0 saturated heterocycles. The van der Waals surface area contributed by atoms with Crippen LogP contribution in [-0.2, 0) is 9.53 Å². The Bertz CT molecular complexity index is 481. The molecule has 0 aliphatic rings. The molecule has 1 aromatic rings. The van der Waals surface area contributed by atoms with E-state index in [1.165, 1.54) is 0 Å². The third-order valence-corrected chi connectivity index (χ3v) is 2.70. The number of hydrogen-bond acceptors (Lipinski definition) is 3. The first-order chi connectivity index (χ1) is 9.19. The summed E-state index contributed by atoms with van der Waals surface area (Å²) in [7, 11) is 0. The summed E-state index contributed by atoms with van der Waals surface area (Å²) in [6.07, 6.45) is -4.60. The van der Waals surface area contributed by atoms with Crippen LogP contribution in [0.2, 0.25) is 0 Å². The number of esters is 1. The molecule has 112 valence electrons. The lowest BCUT2D eigenvalue weighted by molar-refractivity contribution is -0.175. The smallest absolute Gasteiger partial charge is 0.411 e. The van der Waals surface area contributed by atoms with E-state index in [0.29, 0.717) is 5.75 Å². The number of carbonyl (C=O) groups excluding carboxylic acids is 1. The molecular weight excluding hydrogens is 273 g/mol. The molecule has 20 heavy (non-hydrogen) atoms. The van der Waals surface area contributed by atoms with E-state index < -0.39 is 18.8 Å². The van der Waals surface area contributed by atoms with Crippen LogP contribution >= 0.6 is 0 Å². The minimum atomic E-state index is -4.38. The third kappa shape index (κ3) is 5.61. The number of halogens is 3. The second-order valence-electron chi connectivity index (χ2n) is 4.60. The minimum Gasteiger partial charge on any atom is -0.426 e. The van der Waals surface area contributed by atoms with Gasteiger partial charge in [0, 0.05) is 0 Å². The maximum atomic E-state index is 11.8. The van der Waals surface area contributed by atoms with Gasteiger partial charge >= 0.3 is 12.1 Å². The van der Waals surface area contributed by atoms with Gasteiger partial charge in [0.15, 0.2) is 0 Å². The van der Waals surface area contributed by atoms with Crippen LogP contribution < -0.4 is 4.74 Å². The van der Waals surface area contributed by atoms with Gasteiger partial charge in [0.05, 0.1) is 13.0 Å². The Morgan fingerprint density at radius 1 is 1.20 bits per heavy atom. The standard InChI is InChI=1S/C14H17F3O3/c1-9-6-10(2)11(3)12(7-9)20-13(18)4-5-19-8-14(15,16)17/h6-7H,4-5,8H2,1-3H3. The van der Waals surface area contributed by atoms with Gasteiger partial charge < -0.3 is 9.47 Å². The fourth-order valence-electron chi connectivity index (χ4n) is 1.62. The van der Waals surface area contributed by atoms with E-state index in [4.69, 9.17) is 4.74 Å². The molecule has 3 nitrogen and oxygen atoms in total. The fourth-order valence-corrected chi connectivity index (χ4v) is 1.62. The summed E-state index contributed by atoms with van der Waals surface area (Å²) in [6.45, 7) is 3.91. The van der Waals surface area contributed by atoms with Gasteiger partial charge in [0.2, 0.25) is 0 Å². The van der Waals surface area contributed by atoms with E-state index in [1.54, 1.807) is 6.07 Å². The van der Waals surface area contributed by atoms with E-state index in [2.05, 4.69) is 4.74 Å². The maximum absolute atomic E-state index is 11.8. The van der Waals surface area contributed by atoms with E-state index in [1.807, 2.05) is 26.8 Å². The summed E-state index contributed by atoms with van der Waals surface area (Å²) in [6, 6.07) is 3.68. The summed E-state index contributed by atoms with van der Waals surface area (Å²) in [5.74, 6) is -0.177. The summed E-state index contributed by atoms with van der Waals surface area (Å²) in [5, 5.41) is 0. The Morgan fingerprint density at radius 2 is 1.85 bits per heavy atom. The van der Waals surface area contributed by atoms with E-state index in [-0.39, 0.29) is 13.0 Å². The average molecular weight is 290 g/mol. The molecule has 0 aliphatic heterocycles. The highest BCUT2D eigenvalue weighted by Crippen LogP contribution is 2.23. The van der Waals surface area contributed by atoms with Crippen molar-refractivity contribution in [2.75, 3.05) is 13.2 Å². The summed E-state index contributed by atoms with van der Waals surface area (Å²) < 4.78 is 45.0. The van der Waals surface area contributed by atoms with E-state index >= 15 is 0 Å². The molecule has 0 aromatic heterocycles. The number of hydrogen-bond donors (Lipinski definition) is 0. The Kier molecular flexibility index (Phi) is 5.56. The molecule has 0 saturated carbocycles. The van der Waals surface area contributed by atoms with Crippen molar-refractivity contribution in [3.8, 4) is 5.75 Å². The van der Waals surface area contributed by atoms with Crippen LogP contribution in [0.25, 0.3) is 0 Å². The van der Waals surface area contributed by atoms with Crippen LogP contribution in [0.1, 0.15) is 23.1 Å². The minimum absolute atomic E-state index is 0.220. The number of ether oxygens (including phenoxy) is 2. The van der Waals surface area contributed by atoms with Gasteiger partial charge in [-0.3, -0.25) is 4.79 Å². The second kappa shape index (κ2) is 6.74. The lowest BCUT2D eigenvalue weighted by atomic mass is 10.1. The van der Waals surface area contributed by atoms with Crippen molar-refractivity contribution in [1.29, 1.82) is 0 Å². The first-order valence-electron chi connectivity index (χ1n) is 6.12. The zero-order valence-corrected chi connectivity index (χ0v) is 11.6.